The molecule has 4 aromatic carbocycles. The van der Waals surface area contributed by atoms with Crippen molar-refractivity contribution < 1.29 is 19.4 Å². The standard InChI is InChI=1S/C30H27NO4/c1-34-28(32)29(20-22-16-18-25(19-17-22)35-21-23-10-4-2-5-11-23)30(33,24-12-6-3-7-13-24)26-14-8-9-15-27(26)31-29/h2-19,31,33H,20-21H2,1H3. The van der Waals surface area contributed by atoms with Crippen molar-refractivity contribution in [2.45, 2.75) is 24.2 Å². The molecule has 1 heterocycles. The lowest BCUT2D eigenvalue weighted by Crippen LogP contribution is -2.60. The molecule has 0 radical (unpaired) electrons. The number of hydrogen-bond donors (Lipinski definition) is 2. The zero-order valence-electron chi connectivity index (χ0n) is 19.5. The number of ether oxygens (including phenoxy) is 2. The molecule has 0 fully saturated rings. The monoisotopic (exact) mass is 465 g/mol. The number of fused-ring (bicyclic) bond motifs is 1. The third-order valence-electron chi connectivity index (χ3n) is 6.65. The van der Waals surface area contributed by atoms with Crippen LogP contribution in [0, 0.1) is 0 Å². The molecule has 5 rings (SSSR count). The lowest BCUT2D eigenvalue weighted by Gasteiger charge is -2.40. The Morgan fingerprint density at radius 3 is 2.11 bits per heavy atom. The fourth-order valence-corrected chi connectivity index (χ4v) is 4.91. The summed E-state index contributed by atoms with van der Waals surface area (Å²) in [7, 11) is 1.35. The Morgan fingerprint density at radius 1 is 0.800 bits per heavy atom. The molecule has 0 saturated heterocycles. The van der Waals surface area contributed by atoms with E-state index in [-0.39, 0.29) is 6.42 Å². The largest absolute Gasteiger partial charge is 0.489 e. The molecule has 2 N–H and O–H groups in total. The summed E-state index contributed by atoms with van der Waals surface area (Å²) in [6.45, 7) is 0.469. The molecule has 1 aliphatic rings. The van der Waals surface area contributed by atoms with Crippen molar-refractivity contribution in [3.05, 3.63) is 131 Å². The van der Waals surface area contributed by atoms with E-state index in [4.69, 9.17) is 9.47 Å². The van der Waals surface area contributed by atoms with Gasteiger partial charge in [-0.05, 0) is 34.9 Å². The Balaban J connectivity index is 1.50. The molecule has 35 heavy (non-hydrogen) atoms. The molecular weight excluding hydrogens is 438 g/mol. The van der Waals surface area contributed by atoms with Gasteiger partial charge in [0.15, 0.2) is 11.1 Å². The first kappa shape index (κ1) is 22.7. The summed E-state index contributed by atoms with van der Waals surface area (Å²) >= 11 is 0. The van der Waals surface area contributed by atoms with Crippen molar-refractivity contribution >= 4 is 11.7 Å². The van der Waals surface area contributed by atoms with E-state index in [9.17, 15) is 9.90 Å². The maximum atomic E-state index is 13.5. The van der Waals surface area contributed by atoms with E-state index in [1.165, 1.54) is 7.11 Å². The quantitative estimate of drug-likeness (QED) is 0.373. The fourth-order valence-electron chi connectivity index (χ4n) is 4.91. The van der Waals surface area contributed by atoms with Crippen LogP contribution < -0.4 is 10.1 Å². The summed E-state index contributed by atoms with van der Waals surface area (Å²) in [6, 6.07) is 34.3. The van der Waals surface area contributed by atoms with Gasteiger partial charge in [-0.25, -0.2) is 4.79 Å². The third-order valence-corrected chi connectivity index (χ3v) is 6.65. The zero-order chi connectivity index (χ0) is 24.3. The second-order valence-electron chi connectivity index (χ2n) is 8.74. The highest BCUT2D eigenvalue weighted by Crippen LogP contribution is 2.51. The molecule has 2 atom stereocenters. The first-order valence-corrected chi connectivity index (χ1v) is 11.6. The van der Waals surface area contributed by atoms with Crippen molar-refractivity contribution in [3.63, 3.8) is 0 Å². The molecule has 2 unspecified atom stereocenters. The van der Waals surface area contributed by atoms with Crippen LogP contribution in [0.2, 0.25) is 0 Å². The Morgan fingerprint density at radius 2 is 1.43 bits per heavy atom. The van der Waals surface area contributed by atoms with Gasteiger partial charge < -0.3 is 19.9 Å². The molecular formula is C30H27NO4. The summed E-state index contributed by atoms with van der Waals surface area (Å²) < 4.78 is 11.2. The summed E-state index contributed by atoms with van der Waals surface area (Å²) in [4.78, 5) is 13.5. The molecule has 0 aromatic heterocycles. The van der Waals surface area contributed by atoms with Crippen LogP contribution in [0.4, 0.5) is 5.69 Å². The number of carbonyl (C=O) groups excluding carboxylic acids is 1. The smallest absolute Gasteiger partial charge is 0.335 e. The molecule has 4 aromatic rings. The number of anilines is 1. The number of rotatable bonds is 7. The third kappa shape index (κ3) is 3.94. The van der Waals surface area contributed by atoms with Crippen molar-refractivity contribution in [3.8, 4) is 5.75 Å². The Bertz CT molecular complexity index is 1310. The van der Waals surface area contributed by atoms with Crippen molar-refractivity contribution in [2.75, 3.05) is 12.4 Å². The van der Waals surface area contributed by atoms with Crippen LogP contribution >= 0.6 is 0 Å². The van der Waals surface area contributed by atoms with Crippen LogP contribution in [-0.4, -0.2) is 23.7 Å². The predicted octanol–water partition coefficient (Wildman–Crippen LogP) is 5.08. The van der Waals surface area contributed by atoms with Gasteiger partial charge in [-0.15, -0.1) is 0 Å². The fraction of sp³-hybridized carbons (Fsp3) is 0.167. The van der Waals surface area contributed by atoms with Crippen LogP contribution in [-0.2, 0) is 28.2 Å². The molecule has 5 nitrogen and oxygen atoms in total. The molecule has 0 spiro atoms. The topological polar surface area (TPSA) is 67.8 Å². The lowest BCUT2D eigenvalue weighted by molar-refractivity contribution is -0.154. The number of carbonyl (C=O) groups is 1. The van der Waals surface area contributed by atoms with Gasteiger partial charge in [0.25, 0.3) is 0 Å². The Labute approximate surface area is 205 Å². The first-order valence-electron chi connectivity index (χ1n) is 11.6. The summed E-state index contributed by atoms with van der Waals surface area (Å²) in [5.41, 5.74) is 0.802. The van der Waals surface area contributed by atoms with Crippen LogP contribution in [0.3, 0.4) is 0 Å². The number of nitrogens with one attached hydrogen (secondary N) is 1. The number of methoxy groups -OCH3 is 1. The van der Waals surface area contributed by atoms with Gasteiger partial charge in [0.05, 0.1) is 7.11 Å². The van der Waals surface area contributed by atoms with E-state index >= 15 is 0 Å². The maximum Gasteiger partial charge on any atom is 0.335 e. The van der Waals surface area contributed by atoms with Gasteiger partial charge in [0, 0.05) is 17.7 Å². The highest BCUT2D eigenvalue weighted by atomic mass is 16.5. The Kier molecular flexibility index (Phi) is 6.01. The van der Waals surface area contributed by atoms with E-state index in [1.807, 2.05) is 109 Å². The number of hydrogen-bond acceptors (Lipinski definition) is 5. The van der Waals surface area contributed by atoms with Gasteiger partial charge in [0.2, 0.25) is 0 Å². The Hall–Kier alpha value is -4.09. The minimum Gasteiger partial charge on any atom is -0.489 e. The highest BCUT2D eigenvalue weighted by molar-refractivity contribution is 5.92. The van der Waals surface area contributed by atoms with Gasteiger partial charge in [-0.3, -0.25) is 0 Å². The molecule has 176 valence electrons. The number of aliphatic hydroxyl groups is 1. The number of esters is 1. The van der Waals surface area contributed by atoms with E-state index < -0.39 is 17.1 Å². The minimum absolute atomic E-state index is 0.207. The molecule has 0 aliphatic carbocycles. The van der Waals surface area contributed by atoms with Gasteiger partial charge >= 0.3 is 5.97 Å². The second kappa shape index (κ2) is 9.28. The average Bonchev–Trinajstić information content (AvgIpc) is 3.18. The van der Waals surface area contributed by atoms with E-state index in [2.05, 4.69) is 5.32 Å². The van der Waals surface area contributed by atoms with E-state index in [0.717, 1.165) is 16.9 Å². The van der Waals surface area contributed by atoms with Crippen LogP contribution in [0.25, 0.3) is 0 Å². The normalized spacial score (nSPS) is 20.5. The minimum atomic E-state index is -1.64. The lowest BCUT2D eigenvalue weighted by atomic mass is 9.70. The van der Waals surface area contributed by atoms with Crippen molar-refractivity contribution in [2.24, 2.45) is 0 Å². The molecule has 0 saturated carbocycles. The molecule has 0 bridgehead atoms. The van der Waals surface area contributed by atoms with Gasteiger partial charge in [0.1, 0.15) is 12.4 Å². The SMILES string of the molecule is COC(=O)C1(Cc2ccc(OCc3ccccc3)cc2)Nc2ccccc2C1(O)c1ccccc1. The average molecular weight is 466 g/mol. The van der Waals surface area contributed by atoms with E-state index in [0.29, 0.717) is 23.4 Å². The molecule has 5 heteroatoms. The van der Waals surface area contributed by atoms with Crippen LogP contribution in [0.5, 0.6) is 5.75 Å². The summed E-state index contributed by atoms with van der Waals surface area (Å²) in [5.74, 6) is 0.190. The van der Waals surface area contributed by atoms with Crippen molar-refractivity contribution in [1.29, 1.82) is 0 Å². The highest BCUT2D eigenvalue weighted by Gasteiger charge is 2.63. The maximum absolute atomic E-state index is 13.5. The number of para-hydroxylation sites is 1. The summed E-state index contributed by atoms with van der Waals surface area (Å²) in [5, 5.41) is 15.7. The second-order valence-corrected chi connectivity index (χ2v) is 8.74. The van der Waals surface area contributed by atoms with Crippen LogP contribution in [0.1, 0.15) is 22.3 Å². The van der Waals surface area contributed by atoms with Gasteiger partial charge in [-0.2, -0.15) is 0 Å². The van der Waals surface area contributed by atoms with E-state index in [1.54, 1.807) is 0 Å². The van der Waals surface area contributed by atoms with Gasteiger partial charge in [-0.1, -0.05) is 91.0 Å². The van der Waals surface area contributed by atoms with Crippen LogP contribution in [0.15, 0.2) is 109 Å². The van der Waals surface area contributed by atoms with Crippen molar-refractivity contribution in [1.82, 2.24) is 0 Å². The number of benzene rings is 4. The first-order chi connectivity index (χ1) is 17.1. The summed E-state index contributed by atoms with van der Waals surface area (Å²) in [6.07, 6.45) is 0.207. The molecule has 0 amide bonds. The zero-order valence-corrected chi connectivity index (χ0v) is 19.5. The molecule has 1 aliphatic heterocycles. The predicted molar refractivity (Wildman–Crippen MR) is 135 cm³/mol.